The zero-order chi connectivity index (χ0) is 22.7. The minimum atomic E-state index is -3.96. The highest BCUT2D eigenvalue weighted by Gasteiger charge is 2.20. The third-order valence-electron chi connectivity index (χ3n) is 4.52. The molecule has 8 nitrogen and oxygen atoms in total. The molecule has 3 aromatic carbocycles. The fourth-order valence-electron chi connectivity index (χ4n) is 3.00. The molecule has 0 fully saturated rings. The Balaban J connectivity index is 1.82. The Bertz CT molecular complexity index is 1430. The van der Waals surface area contributed by atoms with E-state index in [0.717, 1.165) is 0 Å². The van der Waals surface area contributed by atoms with Crippen molar-refractivity contribution in [1.82, 2.24) is 9.97 Å². The molecule has 0 spiro atoms. The Labute approximate surface area is 192 Å². The highest BCUT2D eigenvalue weighted by atomic mass is 79.9. The summed E-state index contributed by atoms with van der Waals surface area (Å²) in [5, 5.41) is 3.05. The molecule has 0 amide bonds. The Morgan fingerprint density at radius 2 is 1.66 bits per heavy atom. The maximum atomic E-state index is 13.0. The number of aromatic nitrogens is 2. The third kappa shape index (κ3) is 4.56. The SMILES string of the molecule is COc1ccc(C=O)cc1Nc1nc2ccccc2nc1NS(=O)(=O)c1cccc(Br)c1. The van der Waals surface area contributed by atoms with E-state index < -0.39 is 10.0 Å². The van der Waals surface area contributed by atoms with Gasteiger partial charge in [-0.1, -0.05) is 34.1 Å². The number of rotatable bonds is 7. The van der Waals surface area contributed by atoms with Crippen molar-refractivity contribution in [2.75, 3.05) is 17.1 Å². The number of fused-ring (bicyclic) bond motifs is 1. The van der Waals surface area contributed by atoms with E-state index in [1.807, 2.05) is 0 Å². The molecule has 1 heterocycles. The molecule has 162 valence electrons. The summed E-state index contributed by atoms with van der Waals surface area (Å²) in [6.07, 6.45) is 0.702. The number of carbonyl (C=O) groups is 1. The maximum absolute atomic E-state index is 13.0. The van der Waals surface area contributed by atoms with Crippen LogP contribution in [0.1, 0.15) is 10.4 Å². The molecule has 0 unspecified atom stereocenters. The third-order valence-corrected chi connectivity index (χ3v) is 6.35. The van der Waals surface area contributed by atoms with Crippen LogP contribution in [0.15, 0.2) is 76.1 Å². The number of methoxy groups -OCH3 is 1. The Morgan fingerprint density at radius 1 is 0.938 bits per heavy atom. The molecule has 10 heteroatoms. The smallest absolute Gasteiger partial charge is 0.263 e. The molecule has 0 radical (unpaired) electrons. The van der Waals surface area contributed by atoms with E-state index in [1.54, 1.807) is 54.6 Å². The number of nitrogens with one attached hydrogen (secondary N) is 2. The van der Waals surface area contributed by atoms with Crippen LogP contribution in [-0.4, -0.2) is 31.8 Å². The summed E-state index contributed by atoms with van der Waals surface area (Å²) in [4.78, 5) is 20.3. The van der Waals surface area contributed by atoms with E-state index in [0.29, 0.717) is 38.8 Å². The van der Waals surface area contributed by atoms with E-state index in [1.165, 1.54) is 19.2 Å². The number of sulfonamides is 1. The van der Waals surface area contributed by atoms with Gasteiger partial charge >= 0.3 is 0 Å². The molecular formula is C22H17BrN4O4S. The molecule has 0 atom stereocenters. The van der Waals surface area contributed by atoms with Crippen molar-refractivity contribution >= 4 is 60.6 Å². The number of carbonyl (C=O) groups excluding carboxylic acids is 1. The molecule has 0 aliphatic rings. The topological polar surface area (TPSA) is 110 Å². The summed E-state index contributed by atoms with van der Waals surface area (Å²) in [5.41, 5.74) is 1.92. The van der Waals surface area contributed by atoms with E-state index in [-0.39, 0.29) is 16.5 Å². The molecule has 32 heavy (non-hydrogen) atoms. The Hall–Kier alpha value is -3.50. The largest absolute Gasteiger partial charge is 0.495 e. The quantitative estimate of drug-likeness (QED) is 0.343. The van der Waals surface area contributed by atoms with Crippen LogP contribution in [0.4, 0.5) is 17.3 Å². The first-order valence-electron chi connectivity index (χ1n) is 9.35. The van der Waals surface area contributed by atoms with Crippen molar-refractivity contribution < 1.29 is 17.9 Å². The van der Waals surface area contributed by atoms with E-state index in [4.69, 9.17) is 4.74 Å². The number of nitrogens with zero attached hydrogens (tertiary/aromatic N) is 2. The Kier molecular flexibility index (Phi) is 6.06. The normalized spacial score (nSPS) is 11.2. The fourth-order valence-corrected chi connectivity index (χ4v) is 4.61. The predicted molar refractivity (Wildman–Crippen MR) is 126 cm³/mol. The van der Waals surface area contributed by atoms with Crippen LogP contribution in [0.25, 0.3) is 11.0 Å². The second kappa shape index (κ2) is 8.93. The van der Waals surface area contributed by atoms with Gasteiger partial charge in [0, 0.05) is 10.0 Å². The first-order valence-corrected chi connectivity index (χ1v) is 11.6. The molecule has 4 rings (SSSR count). The minimum Gasteiger partial charge on any atom is -0.495 e. The van der Waals surface area contributed by atoms with Crippen molar-refractivity contribution in [3.05, 3.63) is 76.8 Å². The maximum Gasteiger partial charge on any atom is 0.263 e. The lowest BCUT2D eigenvalue weighted by Crippen LogP contribution is -2.16. The zero-order valence-corrected chi connectivity index (χ0v) is 19.1. The second-order valence-electron chi connectivity index (χ2n) is 6.67. The van der Waals surface area contributed by atoms with Crippen LogP contribution in [0.5, 0.6) is 5.75 Å². The van der Waals surface area contributed by atoms with E-state index in [9.17, 15) is 13.2 Å². The lowest BCUT2D eigenvalue weighted by molar-refractivity contribution is 0.112. The van der Waals surface area contributed by atoms with Crippen LogP contribution in [-0.2, 0) is 10.0 Å². The summed E-state index contributed by atoms with van der Waals surface area (Å²) < 4.78 is 34.5. The van der Waals surface area contributed by atoms with Crippen molar-refractivity contribution in [2.24, 2.45) is 0 Å². The molecule has 0 aliphatic carbocycles. The van der Waals surface area contributed by atoms with Crippen LogP contribution in [0, 0.1) is 0 Å². The van der Waals surface area contributed by atoms with Gasteiger partial charge in [0.05, 0.1) is 28.7 Å². The number of benzene rings is 3. The molecule has 0 bridgehead atoms. The van der Waals surface area contributed by atoms with E-state index in [2.05, 4.69) is 35.9 Å². The molecule has 0 saturated heterocycles. The van der Waals surface area contributed by atoms with Gasteiger partial charge in [-0.15, -0.1) is 0 Å². The highest BCUT2D eigenvalue weighted by Crippen LogP contribution is 2.32. The number of anilines is 3. The van der Waals surface area contributed by atoms with Crippen molar-refractivity contribution in [3.8, 4) is 5.75 Å². The minimum absolute atomic E-state index is 0.00207. The fraction of sp³-hybridized carbons (Fsp3) is 0.0455. The Morgan fingerprint density at radius 3 is 2.31 bits per heavy atom. The second-order valence-corrected chi connectivity index (χ2v) is 9.27. The first-order chi connectivity index (χ1) is 15.4. The van der Waals surface area contributed by atoms with Crippen LogP contribution in [0.3, 0.4) is 0 Å². The molecule has 1 aromatic heterocycles. The molecule has 0 aliphatic heterocycles. The van der Waals surface area contributed by atoms with Gasteiger partial charge in [0.25, 0.3) is 10.0 Å². The van der Waals surface area contributed by atoms with Gasteiger partial charge < -0.3 is 10.1 Å². The van der Waals surface area contributed by atoms with Gasteiger partial charge in [0.2, 0.25) is 0 Å². The zero-order valence-electron chi connectivity index (χ0n) is 16.7. The lowest BCUT2D eigenvalue weighted by atomic mass is 10.2. The van der Waals surface area contributed by atoms with E-state index >= 15 is 0 Å². The van der Waals surface area contributed by atoms with Crippen molar-refractivity contribution in [1.29, 1.82) is 0 Å². The number of ether oxygens (including phenoxy) is 1. The molecular weight excluding hydrogens is 496 g/mol. The summed E-state index contributed by atoms with van der Waals surface area (Å²) in [7, 11) is -2.47. The number of hydrogen-bond donors (Lipinski definition) is 2. The summed E-state index contributed by atoms with van der Waals surface area (Å²) in [6, 6.07) is 18.2. The van der Waals surface area contributed by atoms with Crippen LogP contribution < -0.4 is 14.8 Å². The number of aldehydes is 1. The van der Waals surface area contributed by atoms with Gasteiger partial charge in [0.15, 0.2) is 11.6 Å². The number of halogens is 1. The number of hydrogen-bond acceptors (Lipinski definition) is 7. The highest BCUT2D eigenvalue weighted by molar-refractivity contribution is 9.10. The van der Waals surface area contributed by atoms with Crippen LogP contribution in [0.2, 0.25) is 0 Å². The standard InChI is InChI=1S/C22H17BrN4O4S/c1-31-20-10-9-14(13-28)11-19(20)26-21-22(25-18-8-3-2-7-17(18)24-21)27-32(29,30)16-6-4-5-15(23)12-16/h2-13H,1H3,(H,24,26)(H,25,27). The summed E-state index contributed by atoms with van der Waals surface area (Å²) in [5.74, 6) is 0.609. The van der Waals surface area contributed by atoms with Gasteiger partial charge in [-0.25, -0.2) is 18.4 Å². The predicted octanol–water partition coefficient (Wildman–Crippen LogP) is 4.76. The average Bonchev–Trinajstić information content (AvgIpc) is 2.79. The summed E-state index contributed by atoms with van der Waals surface area (Å²) in [6.45, 7) is 0. The lowest BCUT2D eigenvalue weighted by Gasteiger charge is -2.16. The van der Waals surface area contributed by atoms with Gasteiger partial charge in [-0.3, -0.25) is 9.52 Å². The van der Waals surface area contributed by atoms with Gasteiger partial charge in [0.1, 0.15) is 12.0 Å². The number of para-hydroxylation sites is 2. The van der Waals surface area contributed by atoms with Gasteiger partial charge in [-0.05, 0) is 48.5 Å². The van der Waals surface area contributed by atoms with Crippen molar-refractivity contribution in [2.45, 2.75) is 4.90 Å². The average molecular weight is 513 g/mol. The molecule has 2 N–H and O–H groups in total. The molecule has 4 aromatic rings. The first kappa shape index (κ1) is 21.7. The van der Waals surface area contributed by atoms with Gasteiger partial charge in [-0.2, -0.15) is 0 Å². The molecule has 0 saturated carbocycles. The van der Waals surface area contributed by atoms with Crippen molar-refractivity contribution in [3.63, 3.8) is 0 Å². The van der Waals surface area contributed by atoms with Crippen LogP contribution >= 0.6 is 15.9 Å². The summed E-state index contributed by atoms with van der Waals surface area (Å²) >= 11 is 3.29. The monoisotopic (exact) mass is 512 g/mol.